The Kier molecular flexibility index (Phi) is 4.74. The Labute approximate surface area is 141 Å². The molecule has 0 radical (unpaired) electrons. The van der Waals surface area contributed by atoms with Gasteiger partial charge < -0.3 is 4.90 Å². The molecule has 0 aliphatic rings. The summed E-state index contributed by atoms with van der Waals surface area (Å²) in [5, 5.41) is 1.38. The number of fused-ring (bicyclic) bond motifs is 1. The molecule has 114 valence electrons. The topological polar surface area (TPSA) is 3.24 Å². The molecule has 1 heterocycles. The van der Waals surface area contributed by atoms with Crippen LogP contribution < -0.4 is 4.90 Å². The lowest BCUT2D eigenvalue weighted by Crippen LogP contribution is -2.21. The summed E-state index contributed by atoms with van der Waals surface area (Å²) in [5.74, 6) is 0. The lowest BCUT2D eigenvalue weighted by molar-refractivity contribution is 0.873. The van der Waals surface area contributed by atoms with Crippen LogP contribution in [0.15, 0.2) is 53.4 Å². The smallest absolute Gasteiger partial charge is 0.0635 e. The van der Waals surface area contributed by atoms with E-state index in [1.807, 2.05) is 11.3 Å². The van der Waals surface area contributed by atoms with E-state index in [9.17, 15) is 0 Å². The van der Waals surface area contributed by atoms with Gasteiger partial charge in [0.05, 0.1) is 10.6 Å². The van der Waals surface area contributed by atoms with Crippen LogP contribution in [0.3, 0.4) is 0 Å². The van der Waals surface area contributed by atoms with E-state index >= 15 is 0 Å². The minimum absolute atomic E-state index is 1.03. The van der Waals surface area contributed by atoms with Gasteiger partial charge in [0.25, 0.3) is 0 Å². The number of thiophene rings is 1. The van der Waals surface area contributed by atoms with Gasteiger partial charge in [-0.25, -0.2) is 0 Å². The molecule has 2 aromatic carbocycles. The van der Waals surface area contributed by atoms with Crippen molar-refractivity contribution in [1.82, 2.24) is 0 Å². The molecule has 0 fully saturated rings. The highest BCUT2D eigenvalue weighted by Crippen LogP contribution is 2.44. The predicted octanol–water partition coefficient (Wildman–Crippen LogP) is 6.14. The molecular weight excluding hydrogens is 306 g/mol. The van der Waals surface area contributed by atoms with Crippen LogP contribution in [0.25, 0.3) is 20.5 Å². The van der Waals surface area contributed by atoms with Crippen molar-refractivity contribution in [3.8, 4) is 10.4 Å². The Hall–Kier alpha value is -1.45. The maximum Gasteiger partial charge on any atom is 0.0635 e. The third kappa shape index (κ3) is 2.75. The molecule has 0 bridgehead atoms. The van der Waals surface area contributed by atoms with E-state index in [2.05, 4.69) is 73.5 Å². The van der Waals surface area contributed by atoms with Crippen LogP contribution in [0.4, 0.5) is 5.69 Å². The number of anilines is 1. The summed E-state index contributed by atoms with van der Waals surface area (Å²) in [6.07, 6.45) is 2.12. The van der Waals surface area contributed by atoms with Crippen molar-refractivity contribution in [2.45, 2.75) is 18.7 Å². The van der Waals surface area contributed by atoms with Crippen molar-refractivity contribution < 1.29 is 0 Å². The SMILES string of the molecule is CCN(CC)c1c(-c2ccc(SC)cc2)sc2ccccc12. The van der Waals surface area contributed by atoms with E-state index in [1.54, 1.807) is 11.8 Å². The summed E-state index contributed by atoms with van der Waals surface area (Å²) in [4.78, 5) is 5.17. The second kappa shape index (κ2) is 6.76. The van der Waals surface area contributed by atoms with Crippen LogP contribution in [0.1, 0.15) is 13.8 Å². The first-order valence-electron chi connectivity index (χ1n) is 7.69. The first-order chi connectivity index (χ1) is 10.8. The zero-order chi connectivity index (χ0) is 15.5. The molecule has 3 aromatic rings. The van der Waals surface area contributed by atoms with Crippen LogP contribution in [-0.2, 0) is 0 Å². The number of hydrogen-bond donors (Lipinski definition) is 0. The zero-order valence-electron chi connectivity index (χ0n) is 13.3. The second-order valence-electron chi connectivity index (χ2n) is 5.18. The molecule has 0 aliphatic heterocycles. The summed E-state index contributed by atoms with van der Waals surface area (Å²) in [5.41, 5.74) is 2.71. The fraction of sp³-hybridized carbons (Fsp3) is 0.263. The summed E-state index contributed by atoms with van der Waals surface area (Å²) >= 11 is 3.69. The maximum absolute atomic E-state index is 2.47. The third-order valence-electron chi connectivity index (χ3n) is 4.00. The minimum Gasteiger partial charge on any atom is -0.370 e. The Morgan fingerprint density at radius 2 is 1.64 bits per heavy atom. The van der Waals surface area contributed by atoms with Crippen molar-refractivity contribution in [2.75, 3.05) is 24.2 Å². The maximum atomic E-state index is 2.47. The van der Waals surface area contributed by atoms with Crippen molar-refractivity contribution in [1.29, 1.82) is 0 Å². The Morgan fingerprint density at radius 3 is 2.27 bits per heavy atom. The van der Waals surface area contributed by atoms with E-state index in [-0.39, 0.29) is 0 Å². The van der Waals surface area contributed by atoms with Crippen molar-refractivity contribution in [3.05, 3.63) is 48.5 Å². The molecular formula is C19H21NS2. The van der Waals surface area contributed by atoms with Gasteiger partial charge in [0.1, 0.15) is 0 Å². The number of nitrogens with zero attached hydrogens (tertiary/aromatic N) is 1. The van der Waals surface area contributed by atoms with Gasteiger partial charge in [-0.1, -0.05) is 30.3 Å². The monoisotopic (exact) mass is 327 g/mol. The fourth-order valence-electron chi connectivity index (χ4n) is 2.82. The molecule has 0 spiro atoms. The molecule has 3 rings (SSSR count). The van der Waals surface area contributed by atoms with Crippen LogP contribution in [0.2, 0.25) is 0 Å². The Morgan fingerprint density at radius 1 is 0.955 bits per heavy atom. The number of rotatable bonds is 5. The molecule has 1 nitrogen and oxygen atoms in total. The van der Waals surface area contributed by atoms with Gasteiger partial charge >= 0.3 is 0 Å². The second-order valence-corrected chi connectivity index (χ2v) is 7.11. The molecule has 0 aliphatic carbocycles. The number of hydrogen-bond acceptors (Lipinski definition) is 3. The summed E-state index contributed by atoms with van der Waals surface area (Å²) in [6, 6.07) is 17.7. The molecule has 0 unspecified atom stereocenters. The third-order valence-corrected chi connectivity index (χ3v) is 5.95. The molecule has 3 heteroatoms. The van der Waals surface area contributed by atoms with Crippen LogP contribution in [0, 0.1) is 0 Å². The standard InChI is InChI=1S/C19H21NS2/c1-4-20(5-2)18-16-8-6-7-9-17(16)22-19(18)14-10-12-15(21-3)13-11-14/h6-13H,4-5H2,1-3H3. The molecule has 0 saturated carbocycles. The molecule has 22 heavy (non-hydrogen) atoms. The summed E-state index contributed by atoms with van der Waals surface area (Å²) < 4.78 is 1.37. The fourth-order valence-corrected chi connectivity index (χ4v) is 4.46. The highest BCUT2D eigenvalue weighted by molar-refractivity contribution is 7.98. The molecule has 1 aromatic heterocycles. The number of thioether (sulfide) groups is 1. The van der Waals surface area contributed by atoms with Gasteiger partial charge in [0.2, 0.25) is 0 Å². The van der Waals surface area contributed by atoms with Gasteiger partial charge in [-0.05, 0) is 43.9 Å². The quantitative estimate of drug-likeness (QED) is 0.518. The highest BCUT2D eigenvalue weighted by atomic mass is 32.2. The lowest BCUT2D eigenvalue weighted by Gasteiger charge is -2.22. The van der Waals surface area contributed by atoms with E-state index in [0.717, 1.165) is 13.1 Å². The largest absolute Gasteiger partial charge is 0.370 e. The van der Waals surface area contributed by atoms with Crippen molar-refractivity contribution in [2.24, 2.45) is 0 Å². The Bertz CT molecular complexity index is 755. The Balaban J connectivity index is 2.20. The van der Waals surface area contributed by atoms with Crippen LogP contribution in [-0.4, -0.2) is 19.3 Å². The molecule has 0 atom stereocenters. The zero-order valence-corrected chi connectivity index (χ0v) is 14.9. The van der Waals surface area contributed by atoms with Crippen LogP contribution >= 0.6 is 23.1 Å². The van der Waals surface area contributed by atoms with E-state index in [0.29, 0.717) is 0 Å². The van der Waals surface area contributed by atoms with Gasteiger partial charge in [0.15, 0.2) is 0 Å². The van der Waals surface area contributed by atoms with Crippen molar-refractivity contribution >= 4 is 38.9 Å². The van der Waals surface area contributed by atoms with Gasteiger partial charge in [0, 0.05) is 28.1 Å². The van der Waals surface area contributed by atoms with Gasteiger partial charge in [-0.3, -0.25) is 0 Å². The summed E-state index contributed by atoms with van der Waals surface area (Å²) in [6.45, 7) is 6.54. The van der Waals surface area contributed by atoms with E-state index in [4.69, 9.17) is 0 Å². The van der Waals surface area contributed by atoms with Crippen LogP contribution in [0.5, 0.6) is 0 Å². The average Bonchev–Trinajstić information content (AvgIpc) is 2.96. The average molecular weight is 328 g/mol. The molecule has 0 amide bonds. The molecule has 0 N–H and O–H groups in total. The first-order valence-corrected chi connectivity index (χ1v) is 9.73. The predicted molar refractivity (Wildman–Crippen MR) is 103 cm³/mol. The lowest BCUT2D eigenvalue weighted by atomic mass is 10.1. The number of benzene rings is 2. The minimum atomic E-state index is 1.03. The van der Waals surface area contributed by atoms with E-state index < -0.39 is 0 Å². The highest BCUT2D eigenvalue weighted by Gasteiger charge is 2.17. The molecule has 0 saturated heterocycles. The normalized spacial score (nSPS) is 11.0. The van der Waals surface area contributed by atoms with Crippen molar-refractivity contribution in [3.63, 3.8) is 0 Å². The van der Waals surface area contributed by atoms with Gasteiger partial charge in [-0.2, -0.15) is 0 Å². The van der Waals surface area contributed by atoms with E-state index in [1.165, 1.54) is 31.1 Å². The van der Waals surface area contributed by atoms with Gasteiger partial charge in [-0.15, -0.1) is 23.1 Å². The summed E-state index contributed by atoms with van der Waals surface area (Å²) in [7, 11) is 0. The first kappa shape index (κ1) is 15.4.